The molecular weight excluding hydrogens is 442 g/mol. The van der Waals surface area contributed by atoms with Crippen LogP contribution in [0.25, 0.3) is 0 Å². The predicted octanol–water partition coefficient (Wildman–Crippen LogP) is 3.79. The van der Waals surface area contributed by atoms with E-state index in [9.17, 15) is 22.0 Å². The van der Waals surface area contributed by atoms with Crippen LogP contribution in [0.5, 0.6) is 11.5 Å². The van der Waals surface area contributed by atoms with Crippen LogP contribution >= 0.6 is 0 Å². The van der Waals surface area contributed by atoms with Crippen LogP contribution in [0.1, 0.15) is 41.6 Å². The van der Waals surface area contributed by atoms with Gasteiger partial charge in [-0.2, -0.15) is 13.1 Å². The number of amides is 1. The van der Waals surface area contributed by atoms with Gasteiger partial charge in [-0.15, -0.1) is 0 Å². The Bertz CT molecular complexity index is 1040. The summed E-state index contributed by atoms with van der Waals surface area (Å²) in [5, 5.41) is 2.67. The molecule has 7 nitrogen and oxygen atoms in total. The molecule has 1 aliphatic heterocycles. The van der Waals surface area contributed by atoms with E-state index in [2.05, 4.69) is 10.1 Å². The molecule has 1 aliphatic rings. The number of carbonyl (C=O) groups is 1. The molecule has 1 heterocycles. The van der Waals surface area contributed by atoms with Gasteiger partial charge in [0.2, 0.25) is 10.0 Å². The van der Waals surface area contributed by atoms with Crippen LogP contribution in [0, 0.1) is 0 Å². The Kier molecular flexibility index (Phi) is 8.03. The molecule has 10 heteroatoms. The molecule has 174 valence electrons. The quantitative estimate of drug-likeness (QED) is 0.637. The van der Waals surface area contributed by atoms with Crippen molar-refractivity contribution in [2.75, 3.05) is 20.2 Å². The molecule has 3 rings (SSSR count). The minimum absolute atomic E-state index is 0.0333. The predicted molar refractivity (Wildman–Crippen MR) is 114 cm³/mol. The second-order valence-electron chi connectivity index (χ2n) is 7.39. The van der Waals surface area contributed by atoms with Crippen molar-refractivity contribution in [3.8, 4) is 11.5 Å². The molecule has 32 heavy (non-hydrogen) atoms. The average molecular weight is 469 g/mol. The molecule has 0 atom stereocenters. The van der Waals surface area contributed by atoms with E-state index in [-0.39, 0.29) is 28.5 Å². The molecule has 1 N–H and O–H groups in total. The van der Waals surface area contributed by atoms with Gasteiger partial charge in [0.1, 0.15) is 0 Å². The van der Waals surface area contributed by atoms with Gasteiger partial charge in [-0.3, -0.25) is 4.79 Å². The van der Waals surface area contributed by atoms with Crippen molar-refractivity contribution < 1.29 is 31.5 Å². The fraction of sp³-hybridized carbons (Fsp3) is 0.409. The Labute approximate surface area is 186 Å². The van der Waals surface area contributed by atoms with E-state index in [1.54, 1.807) is 6.07 Å². The second-order valence-corrected chi connectivity index (χ2v) is 9.33. The monoisotopic (exact) mass is 468 g/mol. The smallest absolute Gasteiger partial charge is 0.387 e. The lowest BCUT2D eigenvalue weighted by Gasteiger charge is -2.20. The number of benzene rings is 2. The first-order chi connectivity index (χ1) is 15.3. The van der Waals surface area contributed by atoms with Crippen LogP contribution in [0.4, 0.5) is 8.78 Å². The van der Waals surface area contributed by atoms with Crippen molar-refractivity contribution in [1.29, 1.82) is 0 Å². The Balaban J connectivity index is 1.71. The highest BCUT2D eigenvalue weighted by Gasteiger charge is 2.25. The number of rotatable bonds is 8. The van der Waals surface area contributed by atoms with Crippen molar-refractivity contribution in [2.45, 2.75) is 43.7 Å². The minimum atomic E-state index is -3.68. The molecule has 1 fully saturated rings. The van der Waals surface area contributed by atoms with Gasteiger partial charge in [-0.05, 0) is 48.7 Å². The highest BCUT2D eigenvalue weighted by molar-refractivity contribution is 7.89. The Morgan fingerprint density at radius 2 is 1.78 bits per heavy atom. The van der Waals surface area contributed by atoms with Gasteiger partial charge < -0.3 is 14.8 Å². The molecule has 0 unspecified atom stereocenters. The van der Waals surface area contributed by atoms with Crippen LogP contribution in [0.3, 0.4) is 0 Å². The van der Waals surface area contributed by atoms with Gasteiger partial charge in [0.05, 0.1) is 12.0 Å². The molecule has 1 amide bonds. The Morgan fingerprint density at radius 3 is 2.44 bits per heavy atom. The van der Waals surface area contributed by atoms with E-state index in [4.69, 9.17) is 4.74 Å². The fourth-order valence-electron chi connectivity index (χ4n) is 3.53. The van der Waals surface area contributed by atoms with Gasteiger partial charge in [0.15, 0.2) is 11.5 Å². The van der Waals surface area contributed by atoms with Gasteiger partial charge in [-0.1, -0.05) is 25.0 Å². The van der Waals surface area contributed by atoms with E-state index in [0.717, 1.165) is 25.7 Å². The van der Waals surface area contributed by atoms with Crippen molar-refractivity contribution in [3.05, 3.63) is 53.6 Å². The van der Waals surface area contributed by atoms with Crippen molar-refractivity contribution >= 4 is 15.9 Å². The van der Waals surface area contributed by atoms with Crippen molar-refractivity contribution in [3.63, 3.8) is 0 Å². The number of carbonyl (C=O) groups excluding carboxylic acids is 1. The van der Waals surface area contributed by atoms with E-state index in [0.29, 0.717) is 18.7 Å². The summed E-state index contributed by atoms with van der Waals surface area (Å²) < 4.78 is 62.1. The van der Waals surface area contributed by atoms with E-state index in [1.807, 2.05) is 0 Å². The Hall–Kier alpha value is -2.72. The number of nitrogens with one attached hydrogen (secondary N) is 1. The SMILES string of the molecule is COc1ccc(CNC(=O)c2cccc(S(=O)(=O)N3CCCCCC3)c2)cc1OC(F)F. The molecule has 0 bridgehead atoms. The highest BCUT2D eigenvalue weighted by Crippen LogP contribution is 2.29. The fourth-order valence-corrected chi connectivity index (χ4v) is 5.10. The standard InChI is InChI=1S/C22H26F2N2O5S/c1-30-19-10-9-16(13-20(19)31-22(23)24)15-25-21(27)17-7-6-8-18(14-17)32(28,29)26-11-4-2-3-5-12-26/h6-10,13-14,22H,2-5,11-12,15H2,1H3,(H,25,27). The summed E-state index contributed by atoms with van der Waals surface area (Å²) in [5.74, 6) is -0.475. The summed E-state index contributed by atoms with van der Waals surface area (Å²) in [4.78, 5) is 12.7. The topological polar surface area (TPSA) is 84.9 Å². The van der Waals surface area contributed by atoms with Crippen molar-refractivity contribution in [1.82, 2.24) is 9.62 Å². The van der Waals surface area contributed by atoms with E-state index >= 15 is 0 Å². The number of ether oxygens (including phenoxy) is 2. The molecule has 2 aromatic carbocycles. The summed E-state index contributed by atoms with van der Waals surface area (Å²) in [7, 11) is -2.35. The summed E-state index contributed by atoms with van der Waals surface area (Å²) in [6.45, 7) is -2.04. The Morgan fingerprint density at radius 1 is 1.06 bits per heavy atom. The zero-order chi connectivity index (χ0) is 23.1. The number of halogens is 2. The zero-order valence-corrected chi connectivity index (χ0v) is 18.5. The minimum Gasteiger partial charge on any atom is -0.493 e. The zero-order valence-electron chi connectivity index (χ0n) is 17.7. The number of nitrogens with zero attached hydrogens (tertiary/aromatic N) is 1. The number of alkyl halides is 2. The van der Waals surface area contributed by atoms with Crippen LogP contribution in [0.15, 0.2) is 47.4 Å². The first kappa shape index (κ1) is 23.9. The third-order valence-electron chi connectivity index (χ3n) is 5.20. The molecule has 1 saturated heterocycles. The van der Waals surface area contributed by atoms with E-state index < -0.39 is 22.5 Å². The summed E-state index contributed by atoms with van der Waals surface area (Å²) in [6, 6.07) is 10.3. The molecule has 0 aromatic heterocycles. The van der Waals surface area contributed by atoms with Crippen LogP contribution < -0.4 is 14.8 Å². The lowest BCUT2D eigenvalue weighted by molar-refractivity contribution is -0.0512. The summed E-state index contributed by atoms with van der Waals surface area (Å²) in [5.41, 5.74) is 0.710. The van der Waals surface area contributed by atoms with E-state index in [1.165, 1.54) is 47.8 Å². The first-order valence-electron chi connectivity index (χ1n) is 10.3. The molecule has 2 aromatic rings. The number of methoxy groups -OCH3 is 1. The van der Waals surface area contributed by atoms with Crippen molar-refractivity contribution in [2.24, 2.45) is 0 Å². The maximum absolute atomic E-state index is 13.0. The molecule has 0 radical (unpaired) electrons. The van der Waals surface area contributed by atoms with Crippen LogP contribution in [0.2, 0.25) is 0 Å². The van der Waals surface area contributed by atoms with Gasteiger partial charge in [-0.25, -0.2) is 8.42 Å². The van der Waals surface area contributed by atoms with Crippen LogP contribution in [-0.4, -0.2) is 45.4 Å². The number of hydrogen-bond donors (Lipinski definition) is 1. The maximum atomic E-state index is 13.0. The summed E-state index contributed by atoms with van der Waals surface area (Å²) >= 11 is 0. The number of hydrogen-bond acceptors (Lipinski definition) is 5. The molecular formula is C22H26F2N2O5S. The molecule has 0 spiro atoms. The van der Waals surface area contributed by atoms with Gasteiger partial charge >= 0.3 is 6.61 Å². The number of sulfonamides is 1. The average Bonchev–Trinajstić information content (AvgIpc) is 3.07. The maximum Gasteiger partial charge on any atom is 0.387 e. The second kappa shape index (κ2) is 10.7. The largest absolute Gasteiger partial charge is 0.493 e. The normalized spacial score (nSPS) is 15.2. The molecule has 0 aliphatic carbocycles. The third-order valence-corrected chi connectivity index (χ3v) is 7.09. The lowest BCUT2D eigenvalue weighted by atomic mass is 10.1. The van der Waals surface area contributed by atoms with Crippen LogP contribution in [-0.2, 0) is 16.6 Å². The highest BCUT2D eigenvalue weighted by atomic mass is 32.2. The van der Waals surface area contributed by atoms with Gasteiger partial charge in [0.25, 0.3) is 5.91 Å². The molecule has 0 saturated carbocycles. The van der Waals surface area contributed by atoms with Gasteiger partial charge in [0, 0.05) is 25.2 Å². The summed E-state index contributed by atoms with van der Waals surface area (Å²) in [6.07, 6.45) is 3.64. The third kappa shape index (κ3) is 5.95. The lowest BCUT2D eigenvalue weighted by Crippen LogP contribution is -2.32. The first-order valence-corrected chi connectivity index (χ1v) is 11.8.